The third kappa shape index (κ3) is 4.65. The van der Waals surface area contributed by atoms with E-state index in [0.29, 0.717) is 17.7 Å². The van der Waals surface area contributed by atoms with Gasteiger partial charge in [-0.1, -0.05) is 19.1 Å². The van der Waals surface area contributed by atoms with E-state index >= 15 is 0 Å². The summed E-state index contributed by atoms with van der Waals surface area (Å²) in [7, 11) is 1.37. The van der Waals surface area contributed by atoms with Gasteiger partial charge in [-0.05, 0) is 48.7 Å². The van der Waals surface area contributed by atoms with Crippen molar-refractivity contribution in [2.45, 2.75) is 32.5 Å². The van der Waals surface area contributed by atoms with Gasteiger partial charge in [-0.3, -0.25) is 14.6 Å². The summed E-state index contributed by atoms with van der Waals surface area (Å²) < 4.78 is 41.5. The summed E-state index contributed by atoms with van der Waals surface area (Å²) >= 11 is 0. The van der Waals surface area contributed by atoms with Gasteiger partial charge < -0.3 is 9.88 Å². The second-order valence-electron chi connectivity index (χ2n) is 7.40. The minimum atomic E-state index is -4.68. The van der Waals surface area contributed by atoms with E-state index in [-0.39, 0.29) is 22.7 Å². The molecule has 0 aliphatic heterocycles. The number of hydrogen-bond acceptors (Lipinski definition) is 4. The zero-order valence-corrected chi connectivity index (χ0v) is 18.2. The van der Waals surface area contributed by atoms with Crippen LogP contribution in [-0.4, -0.2) is 22.5 Å². The number of nitrogens with one attached hydrogen (secondary N) is 1. The molecule has 1 atom stereocenters. The highest BCUT2D eigenvalue weighted by Crippen LogP contribution is 2.32. The van der Waals surface area contributed by atoms with Gasteiger partial charge in [0.2, 0.25) is 5.43 Å². The van der Waals surface area contributed by atoms with E-state index in [4.69, 9.17) is 5.26 Å². The van der Waals surface area contributed by atoms with Gasteiger partial charge in [0.05, 0.1) is 17.7 Å². The smallest absolute Gasteiger partial charge is 0.355 e. The average Bonchev–Trinajstić information content (AvgIpc) is 2.80. The van der Waals surface area contributed by atoms with Crippen LogP contribution in [0.25, 0.3) is 11.1 Å². The van der Waals surface area contributed by atoms with Crippen LogP contribution in [0.4, 0.5) is 13.2 Å². The Labute approximate surface area is 188 Å². The Morgan fingerprint density at radius 3 is 2.45 bits per heavy atom. The van der Waals surface area contributed by atoms with Crippen LogP contribution >= 0.6 is 0 Å². The van der Waals surface area contributed by atoms with E-state index < -0.39 is 23.2 Å². The van der Waals surface area contributed by atoms with Crippen molar-refractivity contribution >= 4 is 5.91 Å². The number of benzene rings is 1. The maximum Gasteiger partial charge on any atom is 0.433 e. The van der Waals surface area contributed by atoms with E-state index in [0.717, 1.165) is 17.8 Å². The summed E-state index contributed by atoms with van der Waals surface area (Å²) in [6.45, 7) is 3.54. The fraction of sp³-hybridized carbons (Fsp3) is 0.250. The first kappa shape index (κ1) is 23.7. The van der Waals surface area contributed by atoms with E-state index in [9.17, 15) is 22.8 Å². The van der Waals surface area contributed by atoms with Crippen molar-refractivity contribution in [1.82, 2.24) is 14.9 Å². The van der Waals surface area contributed by atoms with Gasteiger partial charge in [0.15, 0.2) is 0 Å². The van der Waals surface area contributed by atoms with Gasteiger partial charge in [-0.25, -0.2) is 0 Å². The molecule has 3 rings (SSSR count). The first-order chi connectivity index (χ1) is 15.6. The van der Waals surface area contributed by atoms with Gasteiger partial charge in [0, 0.05) is 30.7 Å². The highest BCUT2D eigenvalue weighted by Gasteiger charge is 2.33. The molecule has 0 saturated carbocycles. The summed E-state index contributed by atoms with van der Waals surface area (Å²) in [5, 5.41) is 11.5. The Kier molecular flexibility index (Phi) is 6.68. The monoisotopic (exact) mass is 454 g/mol. The number of amides is 1. The van der Waals surface area contributed by atoms with Crippen LogP contribution in [0.5, 0.6) is 0 Å². The van der Waals surface area contributed by atoms with Crippen LogP contribution in [0.3, 0.4) is 0 Å². The molecule has 170 valence electrons. The fourth-order valence-electron chi connectivity index (χ4n) is 3.80. The average molecular weight is 454 g/mol. The second kappa shape index (κ2) is 9.28. The number of aromatic nitrogens is 2. The third-order valence-electron chi connectivity index (χ3n) is 5.45. The molecule has 0 fully saturated rings. The quantitative estimate of drug-likeness (QED) is 0.616. The van der Waals surface area contributed by atoms with Gasteiger partial charge >= 0.3 is 6.18 Å². The minimum Gasteiger partial charge on any atom is -0.355 e. The zero-order valence-electron chi connectivity index (χ0n) is 18.2. The minimum absolute atomic E-state index is 0.00362. The number of hydrogen-bond donors (Lipinski definition) is 1. The third-order valence-corrected chi connectivity index (χ3v) is 5.45. The summed E-state index contributed by atoms with van der Waals surface area (Å²) in [6, 6.07) is 10.7. The number of carbonyl (C=O) groups is 1. The van der Waals surface area contributed by atoms with Crippen molar-refractivity contribution in [2.75, 3.05) is 7.05 Å². The molecular weight excluding hydrogens is 433 g/mol. The molecule has 0 radical (unpaired) electrons. The maximum absolute atomic E-state index is 13.3. The highest BCUT2D eigenvalue weighted by molar-refractivity contribution is 5.95. The van der Waals surface area contributed by atoms with Crippen molar-refractivity contribution in [3.8, 4) is 17.2 Å². The second-order valence-corrected chi connectivity index (χ2v) is 7.40. The molecule has 0 saturated heterocycles. The van der Waals surface area contributed by atoms with Crippen molar-refractivity contribution < 1.29 is 18.0 Å². The molecule has 6 nitrogen and oxygen atoms in total. The summed E-state index contributed by atoms with van der Waals surface area (Å²) in [5.41, 5.74) is -0.257. The lowest BCUT2D eigenvalue weighted by molar-refractivity contribution is -0.141. The van der Waals surface area contributed by atoms with Crippen LogP contribution in [0, 0.1) is 18.3 Å². The molecule has 2 aromatic heterocycles. The number of carbonyl (C=O) groups excluding carboxylic acids is 1. The lowest BCUT2D eigenvalue weighted by Crippen LogP contribution is -2.30. The molecule has 1 aromatic carbocycles. The predicted octanol–water partition coefficient (Wildman–Crippen LogP) is 4.47. The molecule has 0 aliphatic carbocycles. The molecular formula is C24H21F3N4O2. The Hall–Kier alpha value is -3.93. The van der Waals surface area contributed by atoms with Crippen molar-refractivity contribution in [3.63, 3.8) is 0 Å². The Balaban J connectivity index is 2.31. The first-order valence-electron chi connectivity index (χ1n) is 10.1. The standard InChI is InChI=1S/C24H21F3N4O2/c1-4-19(16-7-5-15(12-28)6-8-16)31-13-18(23(33)29-3)22(32)21(14(31)2)17-9-10-30-20(11-17)24(25,26)27/h5-11,13,19H,4H2,1-3H3,(H,29,33). The van der Waals surface area contributed by atoms with Crippen molar-refractivity contribution in [2.24, 2.45) is 0 Å². The topological polar surface area (TPSA) is 87.8 Å². The summed E-state index contributed by atoms with van der Waals surface area (Å²) in [4.78, 5) is 29.1. The molecule has 33 heavy (non-hydrogen) atoms. The molecule has 0 bridgehead atoms. The SMILES string of the molecule is CCC(c1ccc(C#N)cc1)n1cc(C(=O)NC)c(=O)c(-c2ccnc(C(F)(F)F)c2)c1C. The summed E-state index contributed by atoms with van der Waals surface area (Å²) in [6.07, 6.45) is -1.70. The number of rotatable bonds is 5. The molecule has 1 N–H and O–H groups in total. The highest BCUT2D eigenvalue weighted by atomic mass is 19.4. The van der Waals surface area contributed by atoms with Crippen LogP contribution in [0.15, 0.2) is 53.6 Å². The molecule has 9 heteroatoms. The number of halogens is 3. The maximum atomic E-state index is 13.3. The van der Waals surface area contributed by atoms with Crippen molar-refractivity contribution in [1.29, 1.82) is 5.26 Å². The van der Waals surface area contributed by atoms with Crippen LogP contribution in [-0.2, 0) is 6.18 Å². The number of nitrogens with zero attached hydrogens (tertiary/aromatic N) is 3. The summed E-state index contributed by atoms with van der Waals surface area (Å²) in [5.74, 6) is -0.644. The van der Waals surface area contributed by atoms with Gasteiger partial charge in [-0.15, -0.1) is 0 Å². The molecule has 1 amide bonds. The molecule has 0 aliphatic rings. The van der Waals surface area contributed by atoms with E-state index in [1.807, 2.05) is 6.92 Å². The van der Waals surface area contributed by atoms with Gasteiger partial charge in [0.25, 0.3) is 5.91 Å². The molecule has 2 heterocycles. The Morgan fingerprint density at radius 2 is 1.91 bits per heavy atom. The predicted molar refractivity (Wildman–Crippen MR) is 117 cm³/mol. The number of alkyl halides is 3. The van der Waals surface area contributed by atoms with Crippen LogP contribution in [0.2, 0.25) is 0 Å². The molecule has 0 spiro atoms. The number of nitriles is 1. The van der Waals surface area contributed by atoms with Gasteiger partial charge in [0.1, 0.15) is 11.3 Å². The lowest BCUT2D eigenvalue weighted by atomic mass is 9.97. The van der Waals surface area contributed by atoms with E-state index in [1.165, 1.54) is 19.3 Å². The largest absolute Gasteiger partial charge is 0.433 e. The van der Waals surface area contributed by atoms with Crippen LogP contribution < -0.4 is 10.7 Å². The van der Waals surface area contributed by atoms with Crippen LogP contribution in [0.1, 0.15) is 52.3 Å². The van der Waals surface area contributed by atoms with E-state index in [2.05, 4.69) is 16.4 Å². The Morgan fingerprint density at radius 1 is 1.24 bits per heavy atom. The molecule has 3 aromatic rings. The zero-order chi connectivity index (χ0) is 24.3. The molecule has 1 unspecified atom stereocenters. The lowest BCUT2D eigenvalue weighted by Gasteiger charge is -2.25. The normalized spacial score (nSPS) is 12.2. The first-order valence-corrected chi connectivity index (χ1v) is 10.1. The van der Waals surface area contributed by atoms with Crippen molar-refractivity contribution in [3.05, 3.63) is 87.1 Å². The van der Waals surface area contributed by atoms with E-state index in [1.54, 1.807) is 35.8 Å². The fourth-order valence-corrected chi connectivity index (χ4v) is 3.80. The van der Waals surface area contributed by atoms with Gasteiger partial charge in [-0.2, -0.15) is 18.4 Å². The number of pyridine rings is 2. The Bertz CT molecular complexity index is 1290.